The topological polar surface area (TPSA) is 74.6 Å². The molecule has 0 saturated heterocycles. The van der Waals surface area contributed by atoms with Crippen LogP contribution in [0.15, 0.2) is 53.6 Å². The Kier molecular flexibility index (Phi) is 4.35. The second kappa shape index (κ2) is 6.96. The van der Waals surface area contributed by atoms with E-state index in [0.29, 0.717) is 11.1 Å². The van der Waals surface area contributed by atoms with Crippen LogP contribution in [0.1, 0.15) is 40.0 Å². The normalized spacial score (nSPS) is 13.7. The SMILES string of the molecule is O=C(NN=Cc1ccccc1O)c1c2c(nc3ccccc13)CCCC2. The Hall–Kier alpha value is -3.21. The summed E-state index contributed by atoms with van der Waals surface area (Å²) >= 11 is 0. The molecule has 2 N–H and O–H groups in total. The average Bonchev–Trinajstić information content (AvgIpc) is 2.67. The van der Waals surface area contributed by atoms with Gasteiger partial charge in [0.25, 0.3) is 5.91 Å². The third-order valence-electron chi connectivity index (χ3n) is 4.70. The first-order chi connectivity index (χ1) is 12.7. The van der Waals surface area contributed by atoms with Gasteiger partial charge in [-0.3, -0.25) is 9.78 Å². The van der Waals surface area contributed by atoms with Gasteiger partial charge in [-0.15, -0.1) is 0 Å². The molecule has 4 rings (SSSR count). The predicted molar refractivity (Wildman–Crippen MR) is 102 cm³/mol. The van der Waals surface area contributed by atoms with Crippen LogP contribution in [0, 0.1) is 0 Å². The molecule has 1 heterocycles. The van der Waals surface area contributed by atoms with E-state index in [4.69, 9.17) is 4.98 Å². The standard InChI is InChI=1S/C21H19N3O2/c25-19-12-6-1-7-14(19)13-22-24-21(26)20-15-8-2-4-10-17(15)23-18-11-5-3-9-16(18)20/h1-2,4,6-8,10,12-13,25H,3,5,9,11H2,(H,24,26). The van der Waals surface area contributed by atoms with Crippen LogP contribution in [-0.4, -0.2) is 22.2 Å². The molecule has 0 saturated carbocycles. The van der Waals surface area contributed by atoms with E-state index < -0.39 is 0 Å². The Morgan fingerprint density at radius 3 is 2.73 bits per heavy atom. The molecule has 0 radical (unpaired) electrons. The summed E-state index contributed by atoms with van der Waals surface area (Å²) in [6.45, 7) is 0. The van der Waals surface area contributed by atoms with Crippen LogP contribution < -0.4 is 5.43 Å². The summed E-state index contributed by atoms with van der Waals surface area (Å²) in [6, 6.07) is 14.6. The number of amides is 1. The molecule has 3 aromatic rings. The maximum atomic E-state index is 12.9. The van der Waals surface area contributed by atoms with Crippen molar-refractivity contribution in [1.82, 2.24) is 10.4 Å². The summed E-state index contributed by atoms with van der Waals surface area (Å²) < 4.78 is 0. The highest BCUT2D eigenvalue weighted by atomic mass is 16.3. The second-order valence-corrected chi connectivity index (χ2v) is 6.39. The Labute approximate surface area is 151 Å². The number of nitrogens with one attached hydrogen (secondary N) is 1. The van der Waals surface area contributed by atoms with Gasteiger partial charge in [0.05, 0.1) is 17.3 Å². The van der Waals surface area contributed by atoms with Gasteiger partial charge in [-0.05, 0) is 49.4 Å². The van der Waals surface area contributed by atoms with Crippen LogP contribution in [0.3, 0.4) is 0 Å². The minimum absolute atomic E-state index is 0.122. The second-order valence-electron chi connectivity index (χ2n) is 6.39. The minimum Gasteiger partial charge on any atom is -0.507 e. The Balaban J connectivity index is 1.69. The third-order valence-corrected chi connectivity index (χ3v) is 4.70. The number of hydrogen-bond acceptors (Lipinski definition) is 4. The fourth-order valence-electron chi connectivity index (χ4n) is 3.44. The maximum absolute atomic E-state index is 12.9. The highest BCUT2D eigenvalue weighted by Gasteiger charge is 2.22. The van der Waals surface area contributed by atoms with Crippen LogP contribution in [0.25, 0.3) is 10.9 Å². The molecular weight excluding hydrogens is 326 g/mol. The van der Waals surface area contributed by atoms with Gasteiger partial charge in [-0.25, -0.2) is 5.43 Å². The molecule has 0 atom stereocenters. The lowest BCUT2D eigenvalue weighted by molar-refractivity contribution is 0.0955. The van der Waals surface area contributed by atoms with Crippen molar-refractivity contribution < 1.29 is 9.90 Å². The van der Waals surface area contributed by atoms with Crippen molar-refractivity contribution in [1.29, 1.82) is 0 Å². The molecule has 1 aliphatic carbocycles. The van der Waals surface area contributed by atoms with Crippen molar-refractivity contribution in [2.24, 2.45) is 5.10 Å². The molecule has 5 nitrogen and oxygen atoms in total. The zero-order chi connectivity index (χ0) is 17.9. The molecule has 1 aliphatic rings. The number of fused-ring (bicyclic) bond motifs is 2. The van der Waals surface area contributed by atoms with Gasteiger partial charge in [0.15, 0.2) is 0 Å². The van der Waals surface area contributed by atoms with Crippen LogP contribution in [0.2, 0.25) is 0 Å². The average molecular weight is 345 g/mol. The molecule has 0 bridgehead atoms. The summed E-state index contributed by atoms with van der Waals surface area (Å²) in [6.07, 6.45) is 5.38. The van der Waals surface area contributed by atoms with Gasteiger partial charge in [-0.1, -0.05) is 30.3 Å². The predicted octanol–water partition coefficient (Wildman–Crippen LogP) is 3.58. The number of carbonyl (C=O) groups is 1. The van der Waals surface area contributed by atoms with E-state index in [-0.39, 0.29) is 11.7 Å². The lowest BCUT2D eigenvalue weighted by Gasteiger charge is -2.19. The fraction of sp³-hybridized carbons (Fsp3) is 0.190. The van der Waals surface area contributed by atoms with E-state index in [9.17, 15) is 9.90 Å². The quantitative estimate of drug-likeness (QED) is 0.563. The number of phenols is 1. The molecule has 26 heavy (non-hydrogen) atoms. The first kappa shape index (κ1) is 16.3. The van der Waals surface area contributed by atoms with E-state index in [2.05, 4.69) is 10.5 Å². The van der Waals surface area contributed by atoms with Gasteiger partial charge >= 0.3 is 0 Å². The summed E-state index contributed by atoms with van der Waals surface area (Å²) in [5, 5.41) is 14.7. The highest BCUT2D eigenvalue weighted by molar-refractivity contribution is 6.08. The summed E-state index contributed by atoms with van der Waals surface area (Å²) in [4.78, 5) is 17.6. The van der Waals surface area contributed by atoms with Gasteiger partial charge in [-0.2, -0.15) is 5.10 Å². The van der Waals surface area contributed by atoms with E-state index in [0.717, 1.165) is 47.8 Å². The fourth-order valence-corrected chi connectivity index (χ4v) is 3.44. The third kappa shape index (κ3) is 3.04. The molecule has 1 aromatic heterocycles. The van der Waals surface area contributed by atoms with Gasteiger partial charge in [0, 0.05) is 16.6 Å². The maximum Gasteiger partial charge on any atom is 0.272 e. The van der Waals surface area contributed by atoms with E-state index in [1.807, 2.05) is 24.3 Å². The van der Waals surface area contributed by atoms with Crippen LogP contribution in [0.5, 0.6) is 5.75 Å². The van der Waals surface area contributed by atoms with E-state index in [1.165, 1.54) is 6.21 Å². The number of carbonyl (C=O) groups excluding carboxylic acids is 1. The number of aromatic hydroxyl groups is 1. The molecule has 0 fully saturated rings. The Morgan fingerprint density at radius 1 is 1.08 bits per heavy atom. The van der Waals surface area contributed by atoms with Gasteiger partial charge < -0.3 is 5.11 Å². The van der Waals surface area contributed by atoms with Crippen molar-refractivity contribution in [3.05, 3.63) is 70.9 Å². The Bertz CT molecular complexity index is 1010. The largest absolute Gasteiger partial charge is 0.507 e. The molecule has 0 aliphatic heterocycles. The van der Waals surface area contributed by atoms with Crippen LogP contribution in [-0.2, 0) is 12.8 Å². The molecular formula is C21H19N3O2. The zero-order valence-electron chi connectivity index (χ0n) is 14.3. The lowest BCUT2D eigenvalue weighted by atomic mass is 9.89. The number of rotatable bonds is 3. The van der Waals surface area contributed by atoms with Crippen molar-refractivity contribution in [2.45, 2.75) is 25.7 Å². The molecule has 2 aromatic carbocycles. The minimum atomic E-state index is -0.242. The number of aryl methyl sites for hydroxylation is 1. The Morgan fingerprint density at radius 2 is 1.85 bits per heavy atom. The van der Waals surface area contributed by atoms with Crippen molar-refractivity contribution in [2.75, 3.05) is 0 Å². The molecule has 1 amide bonds. The van der Waals surface area contributed by atoms with Crippen LogP contribution >= 0.6 is 0 Å². The van der Waals surface area contributed by atoms with Gasteiger partial charge in [0.1, 0.15) is 5.75 Å². The van der Waals surface area contributed by atoms with Gasteiger partial charge in [0.2, 0.25) is 0 Å². The summed E-state index contributed by atoms with van der Waals surface area (Å²) in [5.41, 5.74) is 6.71. The van der Waals surface area contributed by atoms with Crippen LogP contribution in [0.4, 0.5) is 0 Å². The molecule has 5 heteroatoms. The number of aromatic nitrogens is 1. The van der Waals surface area contributed by atoms with Crippen molar-refractivity contribution in [3.8, 4) is 5.75 Å². The molecule has 130 valence electrons. The number of pyridine rings is 1. The highest BCUT2D eigenvalue weighted by Crippen LogP contribution is 2.29. The number of phenolic OH excluding ortho intramolecular Hbond substituents is 1. The van der Waals surface area contributed by atoms with E-state index >= 15 is 0 Å². The van der Waals surface area contributed by atoms with Crippen molar-refractivity contribution in [3.63, 3.8) is 0 Å². The summed E-state index contributed by atoms with van der Waals surface area (Å²) in [7, 11) is 0. The number of para-hydroxylation sites is 2. The van der Waals surface area contributed by atoms with E-state index in [1.54, 1.807) is 24.3 Å². The lowest BCUT2D eigenvalue weighted by Crippen LogP contribution is -2.22. The smallest absolute Gasteiger partial charge is 0.272 e. The first-order valence-corrected chi connectivity index (χ1v) is 8.76. The molecule has 0 unspecified atom stereocenters. The summed E-state index contributed by atoms with van der Waals surface area (Å²) in [5.74, 6) is -0.120. The monoisotopic (exact) mass is 345 g/mol. The first-order valence-electron chi connectivity index (χ1n) is 8.76. The number of hydrogen-bond donors (Lipinski definition) is 2. The molecule has 0 spiro atoms. The zero-order valence-corrected chi connectivity index (χ0v) is 14.3. The number of hydrazone groups is 1. The van der Waals surface area contributed by atoms with Crippen molar-refractivity contribution >= 4 is 23.0 Å². The number of nitrogens with zero attached hydrogens (tertiary/aromatic N) is 2. The number of benzene rings is 2.